The first-order valence-electron chi connectivity index (χ1n) is 13.5. The fourth-order valence-corrected chi connectivity index (χ4v) is 5.50. The van der Waals surface area contributed by atoms with Crippen molar-refractivity contribution in [1.82, 2.24) is 0 Å². The molecule has 1 amide bonds. The molecule has 0 aliphatic carbocycles. The topological polar surface area (TPSA) is 104 Å². The van der Waals surface area contributed by atoms with Crippen molar-refractivity contribution in [3.63, 3.8) is 0 Å². The van der Waals surface area contributed by atoms with E-state index in [0.717, 1.165) is 24.2 Å². The van der Waals surface area contributed by atoms with Gasteiger partial charge in [0.25, 0.3) is 0 Å². The standard InChI is InChI=1S/C30H41NO5S.2Na.2H/c1-2-3-4-5-6-7-8-12-23-17-19-24(20-18-23)27(15-9-10-16-29(33)34)37-26-14-11-13-25(21-26)31-28(32)22-30(35)36;;;;/h11,13-14,17-21,27H,2-10,12,15-16,22H2,1H3,(H,31,32)(H,33,34)(H,35,36);;;;/q;2*+1;2*-1. The van der Waals surface area contributed by atoms with Crippen LogP contribution in [0, 0.1) is 0 Å². The van der Waals surface area contributed by atoms with Crippen LogP contribution in [-0.4, -0.2) is 28.1 Å². The molecule has 0 heterocycles. The molecule has 0 aliphatic rings. The van der Waals surface area contributed by atoms with Crippen molar-refractivity contribution in [2.24, 2.45) is 0 Å². The summed E-state index contributed by atoms with van der Waals surface area (Å²) in [6.45, 7) is 2.24. The molecule has 39 heavy (non-hydrogen) atoms. The van der Waals surface area contributed by atoms with E-state index >= 15 is 0 Å². The van der Waals surface area contributed by atoms with Gasteiger partial charge in [0, 0.05) is 22.3 Å². The number of aliphatic carboxylic acids is 2. The maximum absolute atomic E-state index is 11.8. The van der Waals surface area contributed by atoms with Crippen LogP contribution in [0.5, 0.6) is 0 Å². The molecular weight excluding hydrogens is 532 g/mol. The van der Waals surface area contributed by atoms with Crippen LogP contribution in [0.4, 0.5) is 5.69 Å². The van der Waals surface area contributed by atoms with Crippen LogP contribution >= 0.6 is 11.8 Å². The molecule has 9 heteroatoms. The number of benzene rings is 2. The minimum atomic E-state index is -1.17. The van der Waals surface area contributed by atoms with Crippen LogP contribution in [-0.2, 0) is 20.8 Å². The van der Waals surface area contributed by atoms with Crippen LogP contribution in [0.25, 0.3) is 0 Å². The number of aryl methyl sites for hydroxylation is 1. The number of carbonyl (C=O) groups excluding carboxylic acids is 1. The second-order valence-electron chi connectivity index (χ2n) is 9.51. The third kappa shape index (κ3) is 17.6. The SMILES string of the molecule is CCCCCCCCCc1ccc(C(CCCCC(=O)O)Sc2cccc(NC(=O)CC(=O)O)c2)cc1.[H-].[H-].[Na+].[Na+]. The number of hydrogen-bond donors (Lipinski definition) is 3. The molecule has 1 atom stereocenters. The predicted octanol–water partition coefficient (Wildman–Crippen LogP) is 2.10. The fraction of sp³-hybridized carbons (Fsp3) is 0.500. The Morgan fingerprint density at radius 2 is 1.51 bits per heavy atom. The van der Waals surface area contributed by atoms with Crippen LogP contribution in [0.1, 0.15) is 103 Å². The Kier molecular flexibility index (Phi) is 22.4. The van der Waals surface area contributed by atoms with Crippen LogP contribution < -0.4 is 64.4 Å². The van der Waals surface area contributed by atoms with Gasteiger partial charge in [0.05, 0.1) is 0 Å². The van der Waals surface area contributed by atoms with E-state index in [-0.39, 0.29) is 73.6 Å². The summed E-state index contributed by atoms with van der Waals surface area (Å²) < 4.78 is 0. The van der Waals surface area contributed by atoms with Crippen molar-refractivity contribution in [3.8, 4) is 0 Å². The predicted molar refractivity (Wildman–Crippen MR) is 152 cm³/mol. The number of carboxylic acid groups (broad SMARTS) is 2. The largest absolute Gasteiger partial charge is 1.00 e. The molecule has 2 rings (SSSR count). The normalized spacial score (nSPS) is 11.1. The number of carbonyl (C=O) groups is 3. The molecule has 0 saturated carbocycles. The van der Waals surface area contributed by atoms with E-state index in [1.165, 1.54) is 56.1 Å². The van der Waals surface area contributed by atoms with Crippen LogP contribution in [0.2, 0.25) is 0 Å². The van der Waals surface area contributed by atoms with Gasteiger partial charge in [0.2, 0.25) is 5.91 Å². The molecule has 206 valence electrons. The van der Waals surface area contributed by atoms with Gasteiger partial charge in [-0.2, -0.15) is 0 Å². The summed E-state index contributed by atoms with van der Waals surface area (Å²) in [6.07, 6.45) is 12.0. The number of hydrogen-bond acceptors (Lipinski definition) is 4. The molecule has 0 radical (unpaired) electrons. The number of unbranched alkanes of at least 4 members (excludes halogenated alkanes) is 7. The molecule has 0 saturated heterocycles. The van der Waals surface area contributed by atoms with E-state index in [9.17, 15) is 14.4 Å². The fourth-order valence-electron chi connectivity index (χ4n) is 4.24. The summed E-state index contributed by atoms with van der Waals surface area (Å²) in [5.41, 5.74) is 3.10. The summed E-state index contributed by atoms with van der Waals surface area (Å²) in [4.78, 5) is 34.5. The summed E-state index contributed by atoms with van der Waals surface area (Å²) in [5.74, 6) is -2.50. The van der Waals surface area contributed by atoms with Gasteiger partial charge in [-0.3, -0.25) is 14.4 Å². The molecule has 1 unspecified atom stereocenters. The quantitative estimate of drug-likeness (QED) is 0.103. The molecule has 2 aromatic rings. The summed E-state index contributed by atoms with van der Waals surface area (Å²) in [6, 6.07) is 16.2. The van der Waals surface area contributed by atoms with Gasteiger partial charge in [0.15, 0.2) is 0 Å². The summed E-state index contributed by atoms with van der Waals surface area (Å²) in [7, 11) is 0. The molecule has 3 N–H and O–H groups in total. The van der Waals surface area contributed by atoms with E-state index in [1.54, 1.807) is 17.8 Å². The third-order valence-electron chi connectivity index (χ3n) is 6.24. The first-order chi connectivity index (χ1) is 17.9. The molecule has 0 fully saturated rings. The first kappa shape index (κ1) is 38.2. The monoisotopic (exact) mass is 575 g/mol. The number of rotatable bonds is 19. The third-order valence-corrected chi connectivity index (χ3v) is 7.55. The Bertz CT molecular complexity index is 999. The number of nitrogens with one attached hydrogen (secondary N) is 1. The number of thioether (sulfide) groups is 1. The Morgan fingerprint density at radius 1 is 0.846 bits per heavy atom. The molecule has 0 bridgehead atoms. The molecule has 6 nitrogen and oxygen atoms in total. The van der Waals surface area contributed by atoms with Crippen LogP contribution in [0.15, 0.2) is 53.4 Å². The van der Waals surface area contributed by atoms with Crippen molar-refractivity contribution in [2.75, 3.05) is 5.32 Å². The van der Waals surface area contributed by atoms with E-state index < -0.39 is 24.3 Å². The number of anilines is 1. The Labute approximate surface area is 285 Å². The van der Waals surface area contributed by atoms with Crippen molar-refractivity contribution < 1.29 is 86.6 Å². The smallest absolute Gasteiger partial charge is 1.00 e. The number of amides is 1. The van der Waals surface area contributed by atoms with Crippen LogP contribution in [0.3, 0.4) is 0 Å². The Morgan fingerprint density at radius 3 is 2.15 bits per heavy atom. The second kappa shape index (κ2) is 22.8. The van der Waals surface area contributed by atoms with Gasteiger partial charge in [-0.25, -0.2) is 0 Å². The maximum Gasteiger partial charge on any atom is 1.00 e. The second-order valence-corrected chi connectivity index (χ2v) is 10.8. The van der Waals surface area contributed by atoms with Gasteiger partial charge in [-0.15, -0.1) is 11.8 Å². The van der Waals surface area contributed by atoms with Gasteiger partial charge in [-0.05, 0) is 55.0 Å². The van der Waals surface area contributed by atoms with Crippen molar-refractivity contribution in [2.45, 2.75) is 101 Å². The molecule has 2 aromatic carbocycles. The van der Waals surface area contributed by atoms with Crippen molar-refractivity contribution in [1.29, 1.82) is 0 Å². The van der Waals surface area contributed by atoms with Gasteiger partial charge >= 0.3 is 71.1 Å². The maximum atomic E-state index is 11.8. The average molecular weight is 576 g/mol. The Balaban J connectivity index is -0.00000361. The summed E-state index contributed by atoms with van der Waals surface area (Å²) in [5, 5.41) is 20.6. The Hall–Kier alpha value is -0.800. The van der Waals surface area contributed by atoms with Crippen molar-refractivity contribution >= 4 is 35.3 Å². The van der Waals surface area contributed by atoms with E-state index in [1.807, 2.05) is 18.2 Å². The molecular formula is C30H43NNa2O5S. The van der Waals surface area contributed by atoms with Crippen molar-refractivity contribution in [3.05, 3.63) is 59.7 Å². The van der Waals surface area contributed by atoms with Gasteiger partial charge in [0.1, 0.15) is 6.42 Å². The van der Waals surface area contributed by atoms with E-state index in [4.69, 9.17) is 10.2 Å². The minimum Gasteiger partial charge on any atom is -1.00 e. The minimum absolute atomic E-state index is 0. The molecule has 0 aliphatic heterocycles. The zero-order valence-electron chi connectivity index (χ0n) is 25.9. The summed E-state index contributed by atoms with van der Waals surface area (Å²) >= 11 is 1.68. The van der Waals surface area contributed by atoms with Gasteiger partial charge in [-0.1, -0.05) is 82.2 Å². The first-order valence-corrected chi connectivity index (χ1v) is 14.3. The zero-order chi connectivity index (χ0) is 26.9. The van der Waals surface area contributed by atoms with Gasteiger partial charge < -0.3 is 18.4 Å². The zero-order valence-corrected chi connectivity index (χ0v) is 28.7. The average Bonchev–Trinajstić information content (AvgIpc) is 2.85. The van der Waals surface area contributed by atoms with E-state index in [2.05, 4.69) is 36.5 Å². The molecule has 0 spiro atoms. The molecule has 0 aromatic heterocycles. The van der Waals surface area contributed by atoms with E-state index in [0.29, 0.717) is 12.1 Å². The number of carboxylic acids is 2.